The number of hydrazine groups is 1. The van der Waals surface area contributed by atoms with Crippen LogP contribution >= 0.6 is 0 Å². The lowest BCUT2D eigenvalue weighted by molar-refractivity contribution is 0.0843. The molecule has 1 aliphatic rings. The van der Waals surface area contributed by atoms with Crippen molar-refractivity contribution in [2.75, 3.05) is 20.2 Å². The summed E-state index contributed by atoms with van der Waals surface area (Å²) in [6, 6.07) is 14.4. The van der Waals surface area contributed by atoms with Crippen molar-refractivity contribution in [2.24, 2.45) is 0 Å². The summed E-state index contributed by atoms with van der Waals surface area (Å²) in [5, 5.41) is 4.20. The van der Waals surface area contributed by atoms with Crippen molar-refractivity contribution in [3.63, 3.8) is 0 Å². The van der Waals surface area contributed by atoms with Gasteiger partial charge in [0.15, 0.2) is 5.69 Å². The molecule has 11 heteroatoms. The van der Waals surface area contributed by atoms with E-state index in [1.54, 1.807) is 37.6 Å². The fourth-order valence-electron chi connectivity index (χ4n) is 3.45. The quantitative estimate of drug-likeness (QED) is 0.530. The van der Waals surface area contributed by atoms with Crippen LogP contribution in [0.3, 0.4) is 0 Å². The van der Waals surface area contributed by atoms with Crippen LogP contribution in [0.2, 0.25) is 0 Å². The van der Waals surface area contributed by atoms with Gasteiger partial charge >= 0.3 is 0 Å². The Kier molecular flexibility index (Phi) is 6.43. The molecule has 33 heavy (non-hydrogen) atoms. The molecule has 1 fully saturated rings. The lowest BCUT2D eigenvalue weighted by atomic mass is 10.2. The van der Waals surface area contributed by atoms with Gasteiger partial charge in [-0.15, -0.1) is 0 Å². The normalized spacial score (nSPS) is 14.1. The minimum absolute atomic E-state index is 0.0432. The molecule has 10 nitrogen and oxygen atoms in total. The molecule has 0 bridgehead atoms. The molecule has 2 amide bonds. The van der Waals surface area contributed by atoms with Crippen molar-refractivity contribution < 1.29 is 22.7 Å². The first kappa shape index (κ1) is 22.5. The van der Waals surface area contributed by atoms with Gasteiger partial charge < -0.3 is 4.74 Å². The molecular weight excluding hydrogens is 446 g/mol. The van der Waals surface area contributed by atoms with Crippen LogP contribution in [0.15, 0.2) is 65.7 Å². The van der Waals surface area contributed by atoms with Crippen LogP contribution in [0.1, 0.15) is 33.7 Å². The highest BCUT2D eigenvalue weighted by molar-refractivity contribution is 7.89. The number of carbonyl (C=O) groups is 2. The largest absolute Gasteiger partial charge is 0.497 e. The van der Waals surface area contributed by atoms with Crippen LogP contribution in [-0.2, 0) is 10.0 Å². The number of nitrogens with one attached hydrogen (secondary N) is 2. The Morgan fingerprint density at radius 1 is 0.970 bits per heavy atom. The van der Waals surface area contributed by atoms with E-state index in [4.69, 9.17) is 4.74 Å². The minimum Gasteiger partial charge on any atom is -0.497 e. The van der Waals surface area contributed by atoms with Crippen LogP contribution in [-0.4, -0.2) is 54.5 Å². The van der Waals surface area contributed by atoms with E-state index in [2.05, 4.69) is 16.0 Å². The molecule has 0 aliphatic carbocycles. The topological polar surface area (TPSA) is 123 Å². The van der Waals surface area contributed by atoms with E-state index < -0.39 is 21.8 Å². The number of ether oxygens (including phenoxy) is 1. The fourth-order valence-corrected chi connectivity index (χ4v) is 5.01. The molecule has 3 aromatic rings. The second kappa shape index (κ2) is 9.43. The summed E-state index contributed by atoms with van der Waals surface area (Å²) >= 11 is 0. The minimum atomic E-state index is -3.65. The monoisotopic (exact) mass is 469 g/mol. The molecule has 1 aromatic heterocycles. The van der Waals surface area contributed by atoms with Crippen LogP contribution in [0.5, 0.6) is 5.75 Å². The predicted molar refractivity (Wildman–Crippen MR) is 119 cm³/mol. The van der Waals surface area contributed by atoms with Crippen molar-refractivity contribution in [2.45, 2.75) is 17.7 Å². The third kappa shape index (κ3) is 4.89. The zero-order valence-corrected chi connectivity index (χ0v) is 18.7. The third-order valence-corrected chi connectivity index (χ3v) is 7.14. The van der Waals surface area contributed by atoms with E-state index in [1.807, 2.05) is 0 Å². The zero-order valence-electron chi connectivity index (χ0n) is 17.9. The molecule has 0 radical (unpaired) electrons. The van der Waals surface area contributed by atoms with Gasteiger partial charge in [-0.2, -0.15) is 9.40 Å². The highest BCUT2D eigenvalue weighted by Gasteiger charge is 2.27. The van der Waals surface area contributed by atoms with Gasteiger partial charge in [-0.1, -0.05) is 6.07 Å². The molecule has 2 N–H and O–H groups in total. The molecule has 0 unspecified atom stereocenters. The number of hydrogen-bond donors (Lipinski definition) is 2. The first-order valence-electron chi connectivity index (χ1n) is 10.3. The SMILES string of the molecule is COc1ccc(-n2ccc(C(=O)NNC(=O)c3cccc(S(=O)(=O)N4CCCC4)c3)n2)cc1. The van der Waals surface area contributed by atoms with Crippen LogP contribution in [0, 0.1) is 0 Å². The highest BCUT2D eigenvalue weighted by atomic mass is 32.2. The molecule has 172 valence electrons. The Hall–Kier alpha value is -3.70. The molecular formula is C22H23N5O5S. The Labute approximate surface area is 191 Å². The molecule has 2 aromatic carbocycles. The van der Waals surface area contributed by atoms with Crippen molar-refractivity contribution in [1.29, 1.82) is 0 Å². The Balaban J connectivity index is 1.40. The summed E-state index contributed by atoms with van der Waals surface area (Å²) in [6.45, 7) is 0.940. The van der Waals surface area contributed by atoms with Crippen molar-refractivity contribution >= 4 is 21.8 Å². The van der Waals surface area contributed by atoms with Gasteiger partial charge in [0, 0.05) is 24.8 Å². The Morgan fingerprint density at radius 2 is 1.67 bits per heavy atom. The Morgan fingerprint density at radius 3 is 2.36 bits per heavy atom. The number of benzene rings is 2. The van der Waals surface area contributed by atoms with E-state index >= 15 is 0 Å². The van der Waals surface area contributed by atoms with Gasteiger partial charge in [-0.3, -0.25) is 20.4 Å². The number of methoxy groups -OCH3 is 1. The van der Waals surface area contributed by atoms with E-state index in [-0.39, 0.29) is 16.2 Å². The van der Waals surface area contributed by atoms with Gasteiger partial charge in [0.2, 0.25) is 10.0 Å². The molecule has 1 saturated heterocycles. The van der Waals surface area contributed by atoms with Crippen molar-refractivity contribution in [1.82, 2.24) is 24.9 Å². The first-order chi connectivity index (χ1) is 15.9. The van der Waals surface area contributed by atoms with Gasteiger partial charge in [-0.05, 0) is 61.4 Å². The lowest BCUT2D eigenvalue weighted by Gasteiger charge is -2.16. The number of nitrogens with zero attached hydrogens (tertiary/aromatic N) is 3. The summed E-state index contributed by atoms with van der Waals surface area (Å²) < 4.78 is 33.5. The van der Waals surface area contributed by atoms with Crippen LogP contribution in [0.25, 0.3) is 5.69 Å². The molecule has 0 spiro atoms. The summed E-state index contributed by atoms with van der Waals surface area (Å²) in [5.74, 6) is -0.559. The highest BCUT2D eigenvalue weighted by Crippen LogP contribution is 2.21. The van der Waals surface area contributed by atoms with E-state index in [0.29, 0.717) is 18.8 Å². The maximum Gasteiger partial charge on any atom is 0.290 e. The number of carbonyl (C=O) groups excluding carboxylic acids is 2. The van der Waals surface area contributed by atoms with Gasteiger partial charge in [0.1, 0.15) is 5.75 Å². The number of rotatable bonds is 6. The summed E-state index contributed by atoms with van der Waals surface area (Å²) in [5.41, 5.74) is 5.53. The number of aromatic nitrogens is 2. The standard InChI is InChI=1S/C22H23N5O5S/c1-32-18-9-7-17(8-10-18)27-14-11-20(25-27)22(29)24-23-21(28)16-5-4-6-19(15-16)33(30,31)26-12-2-3-13-26/h4-11,14-15H,2-3,12-13H2,1H3,(H,23,28)(H,24,29). The molecule has 1 aliphatic heterocycles. The number of amides is 2. The van der Waals surface area contributed by atoms with E-state index in [0.717, 1.165) is 18.5 Å². The van der Waals surface area contributed by atoms with Crippen LogP contribution < -0.4 is 15.6 Å². The third-order valence-electron chi connectivity index (χ3n) is 5.25. The van der Waals surface area contributed by atoms with Gasteiger partial charge in [-0.25, -0.2) is 13.1 Å². The Bertz CT molecular complexity index is 1260. The molecule has 2 heterocycles. The second-order valence-electron chi connectivity index (χ2n) is 7.39. The average molecular weight is 470 g/mol. The molecule has 0 atom stereocenters. The van der Waals surface area contributed by atoms with Gasteiger partial charge in [0.25, 0.3) is 11.8 Å². The summed E-state index contributed by atoms with van der Waals surface area (Å²) in [6.07, 6.45) is 3.25. The van der Waals surface area contributed by atoms with Gasteiger partial charge in [0.05, 0.1) is 17.7 Å². The lowest BCUT2D eigenvalue weighted by Crippen LogP contribution is -2.41. The maximum atomic E-state index is 12.7. The van der Waals surface area contributed by atoms with E-state index in [9.17, 15) is 18.0 Å². The smallest absolute Gasteiger partial charge is 0.290 e. The maximum absolute atomic E-state index is 12.7. The first-order valence-corrected chi connectivity index (χ1v) is 11.7. The predicted octanol–water partition coefficient (Wildman–Crippen LogP) is 1.74. The average Bonchev–Trinajstić information content (AvgIpc) is 3.56. The van der Waals surface area contributed by atoms with Crippen molar-refractivity contribution in [3.8, 4) is 11.4 Å². The number of hydrogen-bond acceptors (Lipinski definition) is 6. The van der Waals surface area contributed by atoms with Crippen molar-refractivity contribution in [3.05, 3.63) is 72.1 Å². The summed E-state index contributed by atoms with van der Waals surface area (Å²) in [4.78, 5) is 24.9. The fraction of sp³-hybridized carbons (Fsp3) is 0.227. The second-order valence-corrected chi connectivity index (χ2v) is 9.33. The summed E-state index contributed by atoms with van der Waals surface area (Å²) in [7, 11) is -2.08. The molecule has 0 saturated carbocycles. The zero-order chi connectivity index (χ0) is 23.4. The van der Waals surface area contributed by atoms with Crippen LogP contribution in [0.4, 0.5) is 0 Å². The number of sulfonamides is 1. The molecule has 4 rings (SSSR count). The van der Waals surface area contributed by atoms with E-state index in [1.165, 1.54) is 39.3 Å².